The number of thiol groups is 1. The van der Waals surface area contributed by atoms with Gasteiger partial charge in [0.1, 0.15) is 6.04 Å². The molecule has 1 saturated heterocycles. The minimum Gasteiger partial charge on any atom is -0.362 e. The van der Waals surface area contributed by atoms with Crippen LogP contribution in [0.25, 0.3) is 0 Å². The van der Waals surface area contributed by atoms with Crippen LogP contribution in [0.2, 0.25) is 0 Å². The topological polar surface area (TPSA) is 152 Å². The van der Waals surface area contributed by atoms with Gasteiger partial charge in [-0.3, -0.25) is 19.2 Å². The molecule has 2 aliphatic rings. The Morgan fingerprint density at radius 2 is 1.55 bits per heavy atom. The first-order valence-corrected chi connectivity index (χ1v) is 19.2. The molecule has 1 aliphatic heterocycles. The van der Waals surface area contributed by atoms with Crippen molar-refractivity contribution in [1.82, 2.24) is 35.8 Å². The fourth-order valence-corrected chi connectivity index (χ4v) is 5.88. The molecule has 14 heteroatoms. The number of likely N-dealkylation sites (tertiary alicyclic amines) is 1. The predicted octanol–water partition coefficient (Wildman–Crippen LogP) is 4.24. The van der Waals surface area contributed by atoms with Crippen LogP contribution < -0.4 is 26.6 Å². The third-order valence-electron chi connectivity index (χ3n) is 7.94. The Labute approximate surface area is 308 Å². The fourth-order valence-electron chi connectivity index (χ4n) is 4.51. The molecule has 49 heavy (non-hydrogen) atoms. The minimum absolute atomic E-state index is 0.0145. The standard InChI is InChI=1S/C23H47N5O2S.C8H13NO2S.C2H5NO.C2H6/c1-16(2)28(31)14-12-24-15-18(22(4,5)6)25-21(30)26-19(23(7,8)9)20(29)27-13-10-11-17(27)3;1-6(11)8(9-5-10)4-12-7-2-3-7;1-3-2-4;1-2/h16-19,24,31H,10-15H2,1-9H3,(H2,25,26,30);5,7-8H,2-4H2,1H3,(H,9,10);2H,1H3,(H,3,4);1-2H3. The zero-order valence-corrected chi connectivity index (χ0v) is 34.5. The number of nitrogens with one attached hydrogen (secondary N) is 5. The summed E-state index contributed by atoms with van der Waals surface area (Å²) in [7, 11) is 1.56. The molecule has 0 aromatic rings. The molecule has 4 atom stereocenters. The second kappa shape index (κ2) is 25.8. The molecule has 0 spiro atoms. The lowest BCUT2D eigenvalue weighted by atomic mass is 9.85. The van der Waals surface area contributed by atoms with Crippen LogP contribution in [0.1, 0.15) is 109 Å². The molecule has 2 fully saturated rings. The van der Waals surface area contributed by atoms with Gasteiger partial charge in [0.15, 0.2) is 5.78 Å². The number of hydrogen-bond donors (Lipinski definition) is 6. The first kappa shape index (κ1) is 49.1. The molecule has 2 rings (SSSR count). The third kappa shape index (κ3) is 22.4. The van der Waals surface area contributed by atoms with Crippen LogP contribution in [0, 0.1) is 10.8 Å². The molecule has 5 N–H and O–H groups in total. The van der Waals surface area contributed by atoms with Gasteiger partial charge in [0.05, 0.1) is 6.04 Å². The maximum absolute atomic E-state index is 13.2. The van der Waals surface area contributed by atoms with E-state index < -0.39 is 6.04 Å². The van der Waals surface area contributed by atoms with Gasteiger partial charge >= 0.3 is 6.03 Å². The lowest BCUT2D eigenvalue weighted by Crippen LogP contribution is -2.60. The Bertz CT molecular complexity index is 956. The van der Waals surface area contributed by atoms with Gasteiger partial charge < -0.3 is 31.5 Å². The number of rotatable bonds is 16. The van der Waals surface area contributed by atoms with Crippen molar-refractivity contribution >= 4 is 55.1 Å². The molecule has 1 saturated carbocycles. The molecule has 0 radical (unpaired) electrons. The number of ketones is 1. The van der Waals surface area contributed by atoms with Gasteiger partial charge in [-0.25, -0.2) is 9.10 Å². The van der Waals surface area contributed by atoms with E-state index in [4.69, 9.17) is 4.79 Å². The molecule has 1 aliphatic carbocycles. The van der Waals surface area contributed by atoms with Crippen molar-refractivity contribution in [2.75, 3.05) is 39.0 Å². The molecule has 0 aromatic heterocycles. The first-order chi connectivity index (χ1) is 22.8. The lowest BCUT2D eigenvalue weighted by Gasteiger charge is -2.37. The number of urea groups is 1. The Morgan fingerprint density at radius 3 is 1.94 bits per heavy atom. The van der Waals surface area contributed by atoms with Crippen molar-refractivity contribution in [3.05, 3.63) is 0 Å². The SMILES string of the molecule is CC.CC(=O)C(CSC1CC1)NC=O.CC(C)N(S)CCNCC(NC(=O)NC(C(=O)N1CCCC1C)C(C)(C)C)C(C)(C)C.CNC=O. The van der Waals surface area contributed by atoms with Gasteiger partial charge in [-0.05, 0) is 64.2 Å². The van der Waals surface area contributed by atoms with Crippen molar-refractivity contribution in [3.63, 3.8) is 0 Å². The zero-order valence-electron chi connectivity index (χ0n) is 32.8. The summed E-state index contributed by atoms with van der Waals surface area (Å²) in [4.78, 5) is 58.2. The molecule has 4 unspecified atom stereocenters. The highest BCUT2D eigenvalue weighted by atomic mass is 32.2. The van der Waals surface area contributed by atoms with Crippen LogP contribution in [0.3, 0.4) is 0 Å². The van der Waals surface area contributed by atoms with Gasteiger partial charge in [0.2, 0.25) is 18.7 Å². The van der Waals surface area contributed by atoms with Gasteiger partial charge in [0, 0.05) is 62.4 Å². The molecular formula is C35H71N7O5S2. The first-order valence-electron chi connectivity index (χ1n) is 17.8. The lowest BCUT2D eigenvalue weighted by molar-refractivity contribution is -0.136. The number of nitrogens with zero attached hydrogens (tertiary/aromatic N) is 2. The summed E-state index contributed by atoms with van der Waals surface area (Å²) in [6.45, 7) is 27.1. The van der Waals surface area contributed by atoms with E-state index >= 15 is 0 Å². The minimum atomic E-state index is -0.564. The number of Topliss-reactive ketones (excluding diaryl/α,β-unsaturated/α-hetero) is 1. The van der Waals surface area contributed by atoms with E-state index in [1.165, 1.54) is 19.8 Å². The molecule has 288 valence electrons. The number of thioether (sulfide) groups is 1. The normalized spacial score (nSPS) is 17.5. The van der Waals surface area contributed by atoms with Gasteiger partial charge in [0.25, 0.3) is 0 Å². The summed E-state index contributed by atoms with van der Waals surface area (Å²) in [6.07, 6.45) is 5.79. The molecule has 0 bridgehead atoms. The molecule has 0 aromatic carbocycles. The second-order valence-electron chi connectivity index (χ2n) is 14.7. The summed E-state index contributed by atoms with van der Waals surface area (Å²) >= 11 is 6.24. The predicted molar refractivity (Wildman–Crippen MR) is 208 cm³/mol. The Balaban J connectivity index is 0. The van der Waals surface area contributed by atoms with Crippen LogP contribution in [0.4, 0.5) is 4.79 Å². The molecule has 5 amide bonds. The highest BCUT2D eigenvalue weighted by molar-refractivity contribution is 8.00. The van der Waals surface area contributed by atoms with Crippen LogP contribution in [-0.2, 0) is 19.2 Å². The smallest absolute Gasteiger partial charge is 0.315 e. The average molecular weight is 734 g/mol. The third-order valence-corrected chi connectivity index (χ3v) is 10.1. The van der Waals surface area contributed by atoms with Crippen LogP contribution in [0.15, 0.2) is 0 Å². The van der Waals surface area contributed by atoms with Crippen molar-refractivity contribution in [2.24, 2.45) is 10.8 Å². The number of amides is 5. The van der Waals surface area contributed by atoms with Gasteiger partial charge in [-0.2, -0.15) is 11.8 Å². The van der Waals surface area contributed by atoms with Crippen LogP contribution in [-0.4, -0.2) is 114 Å². The van der Waals surface area contributed by atoms with Crippen molar-refractivity contribution in [3.8, 4) is 0 Å². The van der Waals surface area contributed by atoms with Gasteiger partial charge in [-0.15, -0.1) is 0 Å². The Morgan fingerprint density at radius 1 is 0.980 bits per heavy atom. The molecule has 1 heterocycles. The molecule has 12 nitrogen and oxygen atoms in total. The summed E-state index contributed by atoms with van der Waals surface area (Å²) in [5, 5.41) is 15.0. The van der Waals surface area contributed by atoms with E-state index in [0.29, 0.717) is 25.4 Å². The van der Waals surface area contributed by atoms with Crippen LogP contribution in [0.5, 0.6) is 0 Å². The fraction of sp³-hybridized carbons (Fsp3) is 0.857. The maximum atomic E-state index is 13.2. The second-order valence-corrected chi connectivity index (χ2v) is 16.6. The van der Waals surface area contributed by atoms with Crippen molar-refractivity contribution in [1.29, 1.82) is 0 Å². The zero-order chi connectivity index (χ0) is 38.4. The number of carbonyl (C=O) groups is 5. The van der Waals surface area contributed by atoms with E-state index in [-0.39, 0.29) is 46.7 Å². The Hall–Kier alpha value is -2.03. The largest absolute Gasteiger partial charge is 0.362 e. The van der Waals surface area contributed by atoms with Crippen molar-refractivity contribution in [2.45, 2.75) is 144 Å². The summed E-state index contributed by atoms with van der Waals surface area (Å²) in [5.74, 6) is 0.773. The van der Waals surface area contributed by atoms with Crippen LogP contribution >= 0.6 is 24.6 Å². The summed E-state index contributed by atoms with van der Waals surface area (Å²) < 4.78 is 1.98. The van der Waals surface area contributed by atoms with E-state index in [0.717, 1.165) is 43.5 Å². The monoisotopic (exact) mass is 733 g/mol. The maximum Gasteiger partial charge on any atom is 0.315 e. The van der Waals surface area contributed by atoms with E-state index in [9.17, 15) is 19.2 Å². The van der Waals surface area contributed by atoms with Gasteiger partial charge in [-0.1, -0.05) is 68.2 Å². The number of carbonyl (C=O) groups excluding carboxylic acids is 5. The highest BCUT2D eigenvalue weighted by Crippen LogP contribution is 2.34. The van der Waals surface area contributed by atoms with Crippen molar-refractivity contribution < 1.29 is 24.0 Å². The highest BCUT2D eigenvalue weighted by Gasteiger charge is 2.39. The quantitative estimate of drug-likeness (QED) is 0.0784. The van der Waals surface area contributed by atoms with E-state index in [2.05, 4.69) is 80.9 Å². The summed E-state index contributed by atoms with van der Waals surface area (Å²) in [5.41, 5.74) is -0.507. The van der Waals surface area contributed by atoms with E-state index in [1.807, 2.05) is 43.8 Å². The average Bonchev–Trinajstić information content (AvgIpc) is 3.76. The number of hydrogen-bond acceptors (Lipinski definition) is 9. The summed E-state index contributed by atoms with van der Waals surface area (Å²) in [6, 6.07) is -0.622. The Kier molecular flexibility index (Phi) is 25.9. The molecular weight excluding hydrogens is 663 g/mol. The van der Waals surface area contributed by atoms with E-state index in [1.54, 1.807) is 18.8 Å².